The lowest BCUT2D eigenvalue weighted by molar-refractivity contribution is 0.0761. The molecule has 0 aliphatic carbocycles. The van der Waals surface area contributed by atoms with Crippen molar-refractivity contribution in [1.82, 2.24) is 10.2 Å². The summed E-state index contributed by atoms with van der Waals surface area (Å²) in [6.45, 7) is 1.80. The first kappa shape index (κ1) is 29.4. The highest BCUT2D eigenvalue weighted by Crippen LogP contribution is 2.27. The van der Waals surface area contributed by atoms with E-state index in [1.807, 2.05) is 4.90 Å². The van der Waals surface area contributed by atoms with Gasteiger partial charge in [-0.2, -0.15) is 0 Å². The molecule has 1 aliphatic rings. The van der Waals surface area contributed by atoms with Gasteiger partial charge in [-0.25, -0.2) is 13.2 Å². The maximum absolute atomic E-state index is 14.3. The number of halogens is 3. The molecule has 0 saturated carbocycles. The van der Waals surface area contributed by atoms with Crippen LogP contribution >= 0.6 is 0 Å². The Morgan fingerprint density at radius 1 is 0.698 bits per heavy atom. The van der Waals surface area contributed by atoms with E-state index in [4.69, 9.17) is 0 Å². The van der Waals surface area contributed by atoms with E-state index < -0.39 is 29.4 Å². The summed E-state index contributed by atoms with van der Waals surface area (Å²) in [5.41, 5.74) is 2.20. The lowest BCUT2D eigenvalue weighted by atomic mass is 10.1. The van der Waals surface area contributed by atoms with Crippen molar-refractivity contribution in [1.29, 1.82) is 0 Å². The molecule has 43 heavy (non-hydrogen) atoms. The van der Waals surface area contributed by atoms with Crippen molar-refractivity contribution < 1.29 is 27.6 Å². The molecule has 1 aliphatic heterocycles. The highest BCUT2D eigenvalue weighted by molar-refractivity contribution is 6.06. The largest absolute Gasteiger partial charge is 0.369 e. The van der Waals surface area contributed by atoms with Crippen molar-refractivity contribution in [3.05, 3.63) is 131 Å². The van der Waals surface area contributed by atoms with Crippen molar-refractivity contribution in [3.63, 3.8) is 0 Å². The zero-order chi connectivity index (χ0) is 30.3. The normalized spacial score (nSPS) is 13.3. The van der Waals surface area contributed by atoms with Crippen LogP contribution in [0, 0.1) is 17.5 Å². The lowest BCUT2D eigenvalue weighted by Gasteiger charge is -2.26. The predicted octanol–water partition coefficient (Wildman–Crippen LogP) is 5.64. The van der Waals surface area contributed by atoms with E-state index >= 15 is 0 Å². The number of carbonyl (C=O) groups is 3. The number of hydrogen-bond donors (Lipinski definition) is 2. The quantitative estimate of drug-likeness (QED) is 0.294. The topological polar surface area (TPSA) is 81.8 Å². The Hall–Kier alpha value is -5.12. The van der Waals surface area contributed by atoms with Gasteiger partial charge in [-0.3, -0.25) is 14.4 Å². The number of hydrogen-bond acceptors (Lipinski definition) is 4. The number of anilines is 2. The molecule has 0 atom stereocenters. The van der Waals surface area contributed by atoms with Gasteiger partial charge in [0.2, 0.25) is 0 Å². The molecule has 4 aromatic rings. The van der Waals surface area contributed by atoms with Gasteiger partial charge in [-0.15, -0.1) is 0 Å². The van der Waals surface area contributed by atoms with Gasteiger partial charge in [-0.1, -0.05) is 24.3 Å². The first-order chi connectivity index (χ1) is 20.8. The molecule has 0 unspecified atom stereocenters. The van der Waals surface area contributed by atoms with Crippen LogP contribution in [0.15, 0.2) is 91.0 Å². The minimum absolute atomic E-state index is 0.0121. The molecule has 4 aromatic carbocycles. The molecule has 1 fully saturated rings. The fourth-order valence-corrected chi connectivity index (χ4v) is 4.92. The third-order valence-corrected chi connectivity index (χ3v) is 7.20. The fourth-order valence-electron chi connectivity index (χ4n) is 4.92. The Morgan fingerprint density at radius 3 is 2.12 bits per heavy atom. The molecule has 0 spiro atoms. The van der Waals surface area contributed by atoms with E-state index in [1.54, 1.807) is 41.3 Å². The van der Waals surface area contributed by atoms with Gasteiger partial charge in [-0.05, 0) is 78.7 Å². The van der Waals surface area contributed by atoms with Gasteiger partial charge in [0.15, 0.2) is 0 Å². The second kappa shape index (κ2) is 13.2. The van der Waals surface area contributed by atoms with Gasteiger partial charge in [0, 0.05) is 49.7 Å². The fraction of sp³-hybridized carbons (Fsp3) is 0.182. The van der Waals surface area contributed by atoms with Crippen LogP contribution in [0.25, 0.3) is 0 Å². The average Bonchev–Trinajstić information content (AvgIpc) is 3.27. The smallest absolute Gasteiger partial charge is 0.256 e. The van der Waals surface area contributed by atoms with E-state index in [0.29, 0.717) is 49.5 Å². The van der Waals surface area contributed by atoms with Crippen LogP contribution in [0.4, 0.5) is 24.5 Å². The maximum atomic E-state index is 14.3. The Balaban J connectivity index is 1.37. The highest BCUT2D eigenvalue weighted by Gasteiger charge is 2.25. The lowest BCUT2D eigenvalue weighted by Crippen LogP contribution is -2.36. The summed E-state index contributed by atoms with van der Waals surface area (Å²) in [6.07, 6.45) is 0.583. The van der Waals surface area contributed by atoms with E-state index in [-0.39, 0.29) is 29.1 Å². The summed E-state index contributed by atoms with van der Waals surface area (Å²) in [5.74, 6) is -2.70. The van der Waals surface area contributed by atoms with Crippen LogP contribution in [0.5, 0.6) is 0 Å². The monoisotopic (exact) mass is 586 g/mol. The molecule has 2 N–H and O–H groups in total. The molecule has 5 rings (SSSR count). The third-order valence-electron chi connectivity index (χ3n) is 7.20. The molecule has 7 nitrogen and oxygen atoms in total. The second-order valence-electron chi connectivity index (χ2n) is 10.1. The molecule has 1 heterocycles. The van der Waals surface area contributed by atoms with Crippen LogP contribution < -0.4 is 15.5 Å². The van der Waals surface area contributed by atoms with E-state index in [9.17, 15) is 27.6 Å². The summed E-state index contributed by atoms with van der Waals surface area (Å²) in [7, 11) is 0. The van der Waals surface area contributed by atoms with Crippen LogP contribution in [0.2, 0.25) is 0 Å². The predicted molar refractivity (Wildman–Crippen MR) is 157 cm³/mol. The molecule has 0 aromatic heterocycles. The zero-order valence-corrected chi connectivity index (χ0v) is 23.2. The van der Waals surface area contributed by atoms with Gasteiger partial charge >= 0.3 is 0 Å². The van der Waals surface area contributed by atoms with Crippen molar-refractivity contribution in [3.8, 4) is 0 Å². The van der Waals surface area contributed by atoms with E-state index in [2.05, 4.69) is 10.6 Å². The van der Waals surface area contributed by atoms with Crippen molar-refractivity contribution >= 4 is 29.1 Å². The molecule has 3 amide bonds. The van der Waals surface area contributed by atoms with Crippen LogP contribution in [0.3, 0.4) is 0 Å². The summed E-state index contributed by atoms with van der Waals surface area (Å²) in [5, 5.41) is 5.61. The van der Waals surface area contributed by atoms with Crippen molar-refractivity contribution in [2.75, 3.05) is 36.4 Å². The maximum Gasteiger partial charge on any atom is 0.256 e. The minimum Gasteiger partial charge on any atom is -0.369 e. The summed E-state index contributed by atoms with van der Waals surface area (Å²) in [4.78, 5) is 42.9. The summed E-state index contributed by atoms with van der Waals surface area (Å²) < 4.78 is 40.9. The second-order valence-corrected chi connectivity index (χ2v) is 10.1. The zero-order valence-electron chi connectivity index (χ0n) is 23.2. The van der Waals surface area contributed by atoms with E-state index in [1.165, 1.54) is 54.6 Å². The molecule has 0 radical (unpaired) electrons. The third kappa shape index (κ3) is 7.21. The van der Waals surface area contributed by atoms with Crippen LogP contribution in [-0.4, -0.2) is 48.8 Å². The molecule has 0 bridgehead atoms. The Morgan fingerprint density at radius 2 is 1.40 bits per heavy atom. The van der Waals surface area contributed by atoms with Gasteiger partial charge < -0.3 is 20.4 Å². The Bertz CT molecular complexity index is 1630. The molecular weight excluding hydrogens is 557 g/mol. The summed E-state index contributed by atoms with van der Waals surface area (Å²) in [6, 6.07) is 21.7. The van der Waals surface area contributed by atoms with E-state index in [0.717, 1.165) is 0 Å². The van der Waals surface area contributed by atoms with Crippen molar-refractivity contribution in [2.24, 2.45) is 0 Å². The number of amides is 3. The van der Waals surface area contributed by atoms with Crippen LogP contribution in [0.1, 0.15) is 43.1 Å². The van der Waals surface area contributed by atoms with Gasteiger partial charge in [0.05, 0.1) is 11.1 Å². The number of carbonyl (C=O) groups excluding carboxylic acids is 3. The van der Waals surface area contributed by atoms with Gasteiger partial charge in [0.1, 0.15) is 17.5 Å². The summed E-state index contributed by atoms with van der Waals surface area (Å²) >= 11 is 0. The first-order valence-electron chi connectivity index (χ1n) is 13.8. The standard InChI is InChI=1S/C33H29F3N4O3/c34-24-10-6-22(7-11-24)21-37-32(42)28-20-26(38-31(41)23-8-12-25(35)13-9-23)14-15-30(28)39-16-3-17-40(19-18-39)33(43)27-4-1-2-5-29(27)36/h1-2,4-15,20H,3,16-19,21H2,(H,37,42)(H,38,41). The SMILES string of the molecule is O=C(Nc1ccc(N2CCCN(C(=O)c3ccccc3F)CC2)c(C(=O)NCc2ccc(F)cc2)c1)c1ccc(F)cc1. The minimum atomic E-state index is -0.577. The molecule has 10 heteroatoms. The Labute approximate surface area is 246 Å². The number of nitrogens with one attached hydrogen (secondary N) is 2. The molecule has 1 saturated heterocycles. The molecular formula is C33H29F3N4O3. The number of rotatable bonds is 7. The number of nitrogens with zero attached hydrogens (tertiary/aromatic N) is 2. The van der Waals surface area contributed by atoms with Crippen LogP contribution in [-0.2, 0) is 6.54 Å². The first-order valence-corrected chi connectivity index (χ1v) is 13.8. The van der Waals surface area contributed by atoms with Gasteiger partial charge in [0.25, 0.3) is 17.7 Å². The Kier molecular flexibility index (Phi) is 9.05. The van der Waals surface area contributed by atoms with Crippen molar-refractivity contribution in [2.45, 2.75) is 13.0 Å². The highest BCUT2D eigenvalue weighted by atomic mass is 19.1. The average molecular weight is 587 g/mol. The number of benzene rings is 4. The molecule has 220 valence electrons.